The number of anilines is 3. The highest BCUT2D eigenvalue weighted by Crippen LogP contribution is 2.24. The average Bonchev–Trinajstić information content (AvgIpc) is 2.70. The number of nitrogens with one attached hydrogen (secondary N) is 2. The average molecular weight is 384 g/mol. The van der Waals surface area contributed by atoms with Crippen LogP contribution in [0.5, 0.6) is 5.75 Å². The normalized spacial score (nSPS) is 13.8. The largest absolute Gasteiger partial charge is 0.492 e. The molecule has 28 heavy (non-hydrogen) atoms. The minimum atomic E-state index is -0.879. The number of para-hydroxylation sites is 2. The minimum absolute atomic E-state index is 0.352. The van der Waals surface area contributed by atoms with Crippen LogP contribution in [0.4, 0.5) is 26.7 Å². The van der Waals surface area contributed by atoms with Gasteiger partial charge in [0, 0.05) is 37.6 Å². The number of hydrogen-bond acceptors (Lipinski definition) is 4. The molecular formula is C20H24N4O4. The first-order valence-electron chi connectivity index (χ1n) is 9.19. The van der Waals surface area contributed by atoms with Crippen molar-refractivity contribution >= 4 is 29.2 Å². The summed E-state index contributed by atoms with van der Waals surface area (Å²) in [5.41, 5.74) is 2.27. The Morgan fingerprint density at radius 3 is 2.32 bits per heavy atom. The van der Waals surface area contributed by atoms with E-state index in [-0.39, 0.29) is 6.03 Å². The lowest BCUT2D eigenvalue weighted by atomic mass is 10.2. The SMILES string of the molecule is CCOc1ccccc1NC(=O)Nc1ccc(N2CCN(C(=O)O)CC2)cc1. The fourth-order valence-corrected chi connectivity index (χ4v) is 3.05. The molecule has 3 rings (SSSR count). The molecule has 0 aliphatic carbocycles. The molecule has 1 aliphatic rings. The topological polar surface area (TPSA) is 94.1 Å². The van der Waals surface area contributed by atoms with Crippen LogP contribution < -0.4 is 20.3 Å². The maximum absolute atomic E-state index is 12.3. The van der Waals surface area contributed by atoms with Gasteiger partial charge in [0.2, 0.25) is 0 Å². The quantitative estimate of drug-likeness (QED) is 0.733. The van der Waals surface area contributed by atoms with Gasteiger partial charge in [0.25, 0.3) is 0 Å². The highest BCUT2D eigenvalue weighted by molar-refractivity contribution is 6.00. The van der Waals surface area contributed by atoms with Crippen LogP contribution in [-0.2, 0) is 0 Å². The Balaban J connectivity index is 1.56. The van der Waals surface area contributed by atoms with E-state index < -0.39 is 6.09 Å². The summed E-state index contributed by atoms with van der Waals surface area (Å²) in [6.45, 7) is 4.66. The zero-order valence-corrected chi connectivity index (χ0v) is 15.7. The summed E-state index contributed by atoms with van der Waals surface area (Å²) in [5, 5.41) is 14.6. The van der Waals surface area contributed by atoms with Crippen molar-refractivity contribution in [1.29, 1.82) is 0 Å². The minimum Gasteiger partial charge on any atom is -0.492 e. The Labute approximate surface area is 163 Å². The third-order valence-electron chi connectivity index (χ3n) is 4.48. The number of hydrogen-bond donors (Lipinski definition) is 3. The molecule has 148 valence electrons. The maximum atomic E-state index is 12.3. The van der Waals surface area contributed by atoms with Crippen molar-refractivity contribution in [3.05, 3.63) is 48.5 Å². The van der Waals surface area contributed by atoms with E-state index in [1.165, 1.54) is 4.90 Å². The van der Waals surface area contributed by atoms with Crippen LogP contribution in [0.1, 0.15) is 6.92 Å². The molecule has 0 saturated carbocycles. The summed E-state index contributed by atoms with van der Waals surface area (Å²) >= 11 is 0. The van der Waals surface area contributed by atoms with Crippen LogP contribution in [0.2, 0.25) is 0 Å². The first kappa shape index (κ1) is 19.3. The lowest BCUT2D eigenvalue weighted by Crippen LogP contribution is -2.48. The van der Waals surface area contributed by atoms with Crippen LogP contribution in [0.25, 0.3) is 0 Å². The number of rotatable bonds is 5. The number of nitrogens with zero attached hydrogens (tertiary/aromatic N) is 2. The molecule has 2 aromatic carbocycles. The fraction of sp³-hybridized carbons (Fsp3) is 0.300. The molecule has 2 aromatic rings. The number of urea groups is 1. The van der Waals surface area contributed by atoms with Crippen molar-refractivity contribution in [2.45, 2.75) is 6.92 Å². The van der Waals surface area contributed by atoms with Gasteiger partial charge in [-0.05, 0) is 43.3 Å². The second-order valence-electron chi connectivity index (χ2n) is 6.31. The molecule has 0 atom stereocenters. The van der Waals surface area contributed by atoms with Crippen LogP contribution >= 0.6 is 0 Å². The molecule has 1 heterocycles. The van der Waals surface area contributed by atoms with Crippen molar-refractivity contribution in [2.75, 3.05) is 48.3 Å². The number of amides is 3. The van der Waals surface area contributed by atoms with Crippen molar-refractivity contribution in [1.82, 2.24) is 4.90 Å². The summed E-state index contributed by atoms with van der Waals surface area (Å²) in [5.74, 6) is 0.621. The van der Waals surface area contributed by atoms with Gasteiger partial charge in [-0.3, -0.25) is 0 Å². The van der Waals surface area contributed by atoms with E-state index in [0.717, 1.165) is 5.69 Å². The summed E-state index contributed by atoms with van der Waals surface area (Å²) < 4.78 is 5.51. The van der Waals surface area contributed by atoms with Crippen LogP contribution in [-0.4, -0.2) is 54.9 Å². The maximum Gasteiger partial charge on any atom is 0.407 e. The molecule has 3 N–H and O–H groups in total. The molecule has 8 nitrogen and oxygen atoms in total. The number of benzene rings is 2. The second kappa shape index (κ2) is 8.98. The van der Waals surface area contributed by atoms with E-state index in [1.54, 1.807) is 12.1 Å². The lowest BCUT2D eigenvalue weighted by molar-refractivity contribution is 0.142. The molecule has 1 aliphatic heterocycles. The molecule has 0 aromatic heterocycles. The molecule has 8 heteroatoms. The summed E-state index contributed by atoms with van der Waals surface area (Å²) in [7, 11) is 0. The molecule has 0 bridgehead atoms. The van der Waals surface area contributed by atoms with Gasteiger partial charge in [0.05, 0.1) is 12.3 Å². The van der Waals surface area contributed by atoms with Crippen molar-refractivity contribution < 1.29 is 19.4 Å². The Bertz CT molecular complexity index is 817. The molecular weight excluding hydrogens is 360 g/mol. The molecule has 3 amide bonds. The van der Waals surface area contributed by atoms with E-state index in [9.17, 15) is 9.59 Å². The highest BCUT2D eigenvalue weighted by atomic mass is 16.5. The molecule has 0 unspecified atom stereocenters. The van der Waals surface area contributed by atoms with Gasteiger partial charge < -0.3 is 30.3 Å². The number of carbonyl (C=O) groups is 2. The van der Waals surface area contributed by atoms with Gasteiger partial charge >= 0.3 is 12.1 Å². The first-order valence-corrected chi connectivity index (χ1v) is 9.19. The molecule has 0 radical (unpaired) electrons. The zero-order chi connectivity index (χ0) is 19.9. The molecule has 0 spiro atoms. The van der Waals surface area contributed by atoms with Gasteiger partial charge in [0.1, 0.15) is 5.75 Å². The molecule has 1 saturated heterocycles. The second-order valence-corrected chi connectivity index (χ2v) is 6.31. The Morgan fingerprint density at radius 1 is 1.00 bits per heavy atom. The zero-order valence-electron chi connectivity index (χ0n) is 15.7. The standard InChI is InChI=1S/C20H24N4O4/c1-2-28-18-6-4-3-5-17(18)22-19(25)21-15-7-9-16(10-8-15)23-11-13-24(14-12-23)20(26)27/h3-10H,2,11-14H2,1H3,(H,26,27)(H2,21,22,25). The third kappa shape index (κ3) is 4.85. The lowest BCUT2D eigenvalue weighted by Gasteiger charge is -2.34. The predicted octanol–water partition coefficient (Wildman–Crippen LogP) is 3.53. The first-order chi connectivity index (χ1) is 13.6. The van der Waals surface area contributed by atoms with Gasteiger partial charge in [-0.2, -0.15) is 0 Å². The monoisotopic (exact) mass is 384 g/mol. The Kier molecular flexibility index (Phi) is 6.21. The van der Waals surface area contributed by atoms with Crippen molar-refractivity contribution in [2.24, 2.45) is 0 Å². The van der Waals surface area contributed by atoms with Gasteiger partial charge in [-0.25, -0.2) is 9.59 Å². The van der Waals surface area contributed by atoms with E-state index in [2.05, 4.69) is 15.5 Å². The molecule has 1 fully saturated rings. The number of carbonyl (C=O) groups excluding carboxylic acids is 1. The predicted molar refractivity (Wildman–Crippen MR) is 109 cm³/mol. The van der Waals surface area contributed by atoms with Crippen molar-refractivity contribution in [3.8, 4) is 5.75 Å². The van der Waals surface area contributed by atoms with Gasteiger partial charge in [-0.1, -0.05) is 12.1 Å². The van der Waals surface area contributed by atoms with Crippen LogP contribution in [0.3, 0.4) is 0 Å². The number of piperazine rings is 1. The third-order valence-corrected chi connectivity index (χ3v) is 4.48. The van der Waals surface area contributed by atoms with E-state index >= 15 is 0 Å². The van der Waals surface area contributed by atoms with Gasteiger partial charge in [0.15, 0.2) is 0 Å². The smallest absolute Gasteiger partial charge is 0.407 e. The summed E-state index contributed by atoms with van der Waals surface area (Å²) in [6, 6.07) is 14.4. The van der Waals surface area contributed by atoms with Gasteiger partial charge in [-0.15, -0.1) is 0 Å². The number of ether oxygens (including phenoxy) is 1. The van der Waals surface area contributed by atoms with E-state index in [4.69, 9.17) is 9.84 Å². The van der Waals surface area contributed by atoms with E-state index in [1.807, 2.05) is 43.3 Å². The van der Waals surface area contributed by atoms with E-state index in [0.29, 0.717) is 49.9 Å². The van der Waals surface area contributed by atoms with Crippen LogP contribution in [0, 0.1) is 0 Å². The number of carboxylic acid groups (broad SMARTS) is 1. The fourth-order valence-electron chi connectivity index (χ4n) is 3.05. The Morgan fingerprint density at radius 2 is 1.68 bits per heavy atom. The highest BCUT2D eigenvalue weighted by Gasteiger charge is 2.20. The summed E-state index contributed by atoms with van der Waals surface area (Å²) in [4.78, 5) is 26.8. The van der Waals surface area contributed by atoms with Crippen molar-refractivity contribution in [3.63, 3.8) is 0 Å². The van der Waals surface area contributed by atoms with Crippen LogP contribution in [0.15, 0.2) is 48.5 Å². The summed E-state index contributed by atoms with van der Waals surface area (Å²) in [6.07, 6.45) is -0.879. The Hall–Kier alpha value is -3.42.